The molecule has 2 aliphatic heterocycles. The minimum Gasteiger partial charge on any atom is -0.454 e. The molecule has 31 heavy (non-hydrogen) atoms. The van der Waals surface area contributed by atoms with Crippen LogP contribution in [-0.4, -0.2) is 75.0 Å². The molecule has 2 aliphatic rings. The average molecular weight is 453 g/mol. The number of aliphatic hydroxyl groups is 1. The molecule has 2 aromatic rings. The van der Waals surface area contributed by atoms with Gasteiger partial charge in [0.1, 0.15) is 10.7 Å². The first kappa shape index (κ1) is 22.0. The van der Waals surface area contributed by atoms with Gasteiger partial charge >= 0.3 is 0 Å². The van der Waals surface area contributed by atoms with Gasteiger partial charge in [-0.15, -0.1) is 0 Å². The number of hydrogen-bond acceptors (Lipinski definition) is 7. The third kappa shape index (κ3) is 5.16. The van der Waals surface area contributed by atoms with Gasteiger partial charge in [0.15, 0.2) is 11.5 Å². The van der Waals surface area contributed by atoms with Crippen LogP contribution in [0.1, 0.15) is 5.56 Å². The lowest BCUT2D eigenvalue weighted by molar-refractivity contribution is 0.00536. The Morgan fingerprint density at radius 1 is 1.06 bits per heavy atom. The van der Waals surface area contributed by atoms with Gasteiger partial charge in [-0.1, -0.05) is 18.2 Å². The number of nitrogens with zero attached hydrogens (tertiary/aromatic N) is 2. The van der Waals surface area contributed by atoms with Crippen molar-refractivity contribution >= 4 is 10.0 Å². The summed E-state index contributed by atoms with van der Waals surface area (Å²) >= 11 is 0. The van der Waals surface area contributed by atoms with Gasteiger partial charge in [-0.3, -0.25) is 4.90 Å². The normalized spacial score (nSPS) is 18.3. The molecule has 4 rings (SSSR count). The highest BCUT2D eigenvalue weighted by Crippen LogP contribution is 2.32. The first-order valence-electron chi connectivity index (χ1n) is 10.0. The molecule has 1 atom stereocenters. The quantitative estimate of drug-likeness (QED) is 0.648. The van der Waals surface area contributed by atoms with Crippen molar-refractivity contribution in [1.82, 2.24) is 9.21 Å². The monoisotopic (exact) mass is 452 g/mol. The second-order valence-electron chi connectivity index (χ2n) is 7.49. The van der Waals surface area contributed by atoms with E-state index in [4.69, 9.17) is 14.2 Å². The highest BCUT2D eigenvalue weighted by molar-refractivity contribution is 7.89. The molecule has 1 N–H and O–H groups in total. The maximum atomic E-state index is 13.9. The predicted molar refractivity (Wildman–Crippen MR) is 110 cm³/mol. The lowest BCUT2D eigenvalue weighted by Gasteiger charge is -2.34. The summed E-state index contributed by atoms with van der Waals surface area (Å²) in [6, 6.07) is 10.9. The van der Waals surface area contributed by atoms with Gasteiger partial charge in [-0.05, 0) is 29.8 Å². The maximum Gasteiger partial charge on any atom is 0.246 e. The van der Waals surface area contributed by atoms with E-state index in [0.29, 0.717) is 37.7 Å². The summed E-state index contributed by atoms with van der Waals surface area (Å²) in [6.45, 7) is 2.45. The fraction of sp³-hybridized carbons (Fsp3) is 0.429. The maximum absolute atomic E-state index is 13.9. The summed E-state index contributed by atoms with van der Waals surface area (Å²) in [5.41, 5.74) is 0.920. The van der Waals surface area contributed by atoms with Crippen molar-refractivity contribution in [2.45, 2.75) is 17.6 Å². The SMILES string of the molecule is O=S(=O)(c1ccccc1F)N1CCN(CC(O)COCc2ccc3c(c2)OCO3)CC1. The van der Waals surface area contributed by atoms with Crippen LogP contribution in [0.5, 0.6) is 11.5 Å². The molecule has 0 aliphatic carbocycles. The highest BCUT2D eigenvalue weighted by Gasteiger charge is 2.30. The Morgan fingerprint density at radius 3 is 2.58 bits per heavy atom. The molecule has 168 valence electrons. The van der Waals surface area contributed by atoms with Gasteiger partial charge in [-0.25, -0.2) is 12.8 Å². The number of halogens is 1. The van der Waals surface area contributed by atoms with E-state index in [-0.39, 0.29) is 31.4 Å². The summed E-state index contributed by atoms with van der Waals surface area (Å²) in [5.74, 6) is 0.643. The van der Waals surface area contributed by atoms with Crippen LogP contribution in [0, 0.1) is 5.82 Å². The molecule has 1 fully saturated rings. The van der Waals surface area contributed by atoms with Crippen LogP contribution in [0.2, 0.25) is 0 Å². The van der Waals surface area contributed by atoms with E-state index in [9.17, 15) is 17.9 Å². The summed E-state index contributed by atoms with van der Waals surface area (Å²) < 4.78 is 56.7. The largest absolute Gasteiger partial charge is 0.454 e. The van der Waals surface area contributed by atoms with Crippen LogP contribution in [0.4, 0.5) is 4.39 Å². The zero-order chi connectivity index (χ0) is 21.8. The minimum atomic E-state index is -3.87. The zero-order valence-electron chi connectivity index (χ0n) is 16.9. The van der Waals surface area contributed by atoms with Gasteiger partial charge in [0.25, 0.3) is 0 Å². The van der Waals surface area contributed by atoms with Crippen LogP contribution in [0.15, 0.2) is 47.4 Å². The van der Waals surface area contributed by atoms with Gasteiger partial charge in [-0.2, -0.15) is 4.31 Å². The Kier molecular flexibility index (Phi) is 6.73. The van der Waals surface area contributed by atoms with Crippen LogP contribution >= 0.6 is 0 Å². The molecular formula is C21H25FN2O6S. The smallest absolute Gasteiger partial charge is 0.246 e. The molecule has 0 bridgehead atoms. The van der Waals surface area contributed by atoms with Gasteiger partial charge in [0, 0.05) is 32.7 Å². The Morgan fingerprint density at radius 2 is 1.81 bits per heavy atom. The molecule has 0 aromatic heterocycles. The first-order chi connectivity index (χ1) is 14.9. The van der Waals surface area contributed by atoms with Crippen LogP contribution < -0.4 is 9.47 Å². The van der Waals surface area contributed by atoms with Crippen molar-refractivity contribution in [2.24, 2.45) is 0 Å². The van der Waals surface area contributed by atoms with E-state index in [1.807, 2.05) is 23.1 Å². The van der Waals surface area contributed by atoms with E-state index in [1.165, 1.54) is 22.5 Å². The Labute approximate surface area is 180 Å². The van der Waals surface area contributed by atoms with E-state index in [2.05, 4.69) is 0 Å². The lowest BCUT2D eigenvalue weighted by atomic mass is 10.2. The number of aliphatic hydroxyl groups excluding tert-OH is 1. The molecule has 0 amide bonds. The van der Waals surface area contributed by atoms with Crippen molar-refractivity contribution < 1.29 is 32.1 Å². The molecule has 10 heteroatoms. The van der Waals surface area contributed by atoms with Crippen LogP contribution in [0.3, 0.4) is 0 Å². The second kappa shape index (κ2) is 9.49. The Hall–Kier alpha value is -2.24. The molecule has 0 spiro atoms. The molecule has 1 saturated heterocycles. The number of fused-ring (bicyclic) bond motifs is 1. The third-order valence-corrected chi connectivity index (χ3v) is 7.20. The fourth-order valence-electron chi connectivity index (χ4n) is 3.64. The third-order valence-electron chi connectivity index (χ3n) is 5.27. The van der Waals surface area contributed by atoms with Crippen molar-refractivity contribution in [2.75, 3.05) is 46.1 Å². The fourth-order valence-corrected chi connectivity index (χ4v) is 5.13. The van der Waals surface area contributed by atoms with E-state index < -0.39 is 21.9 Å². The van der Waals surface area contributed by atoms with E-state index in [0.717, 1.165) is 11.6 Å². The van der Waals surface area contributed by atoms with E-state index in [1.54, 1.807) is 0 Å². The average Bonchev–Trinajstić information content (AvgIpc) is 3.22. The molecule has 2 aromatic carbocycles. The second-order valence-corrected chi connectivity index (χ2v) is 9.40. The Bertz CT molecular complexity index is 1010. The number of benzene rings is 2. The molecule has 0 radical (unpaired) electrons. The van der Waals surface area contributed by atoms with Crippen molar-refractivity contribution in [1.29, 1.82) is 0 Å². The molecule has 1 unspecified atom stereocenters. The Balaban J connectivity index is 1.21. The summed E-state index contributed by atoms with van der Waals surface area (Å²) in [4.78, 5) is 1.67. The molecule has 0 saturated carbocycles. The summed E-state index contributed by atoms with van der Waals surface area (Å²) in [5, 5.41) is 10.3. The minimum absolute atomic E-state index is 0.155. The molecule has 8 nitrogen and oxygen atoms in total. The zero-order valence-corrected chi connectivity index (χ0v) is 17.8. The first-order valence-corrected chi connectivity index (χ1v) is 11.5. The number of β-amino-alcohol motifs (C(OH)–C–C–N with tert-alkyl or cyclic N) is 1. The lowest BCUT2D eigenvalue weighted by Crippen LogP contribution is -2.50. The van der Waals surface area contributed by atoms with E-state index >= 15 is 0 Å². The van der Waals surface area contributed by atoms with Crippen molar-refractivity contribution in [3.63, 3.8) is 0 Å². The topological polar surface area (TPSA) is 88.5 Å². The number of sulfonamides is 1. The standard InChI is InChI=1S/C21H25FN2O6S/c22-18-3-1-2-4-21(18)31(26,27)24-9-7-23(8-10-24)12-17(25)14-28-13-16-5-6-19-20(11-16)30-15-29-19/h1-6,11,17,25H,7-10,12-15H2. The van der Waals surface area contributed by atoms with Crippen molar-refractivity contribution in [3.8, 4) is 11.5 Å². The number of piperazine rings is 1. The summed E-state index contributed by atoms with van der Waals surface area (Å²) in [7, 11) is -3.87. The van der Waals surface area contributed by atoms with Gasteiger partial charge in [0.05, 0.1) is 19.3 Å². The van der Waals surface area contributed by atoms with Crippen LogP contribution in [0.25, 0.3) is 0 Å². The van der Waals surface area contributed by atoms with Gasteiger partial charge < -0.3 is 19.3 Å². The summed E-state index contributed by atoms with van der Waals surface area (Å²) in [6.07, 6.45) is -0.705. The highest BCUT2D eigenvalue weighted by atomic mass is 32.2. The predicted octanol–water partition coefficient (Wildman–Crippen LogP) is 1.44. The van der Waals surface area contributed by atoms with Gasteiger partial charge in [0.2, 0.25) is 16.8 Å². The molecule has 2 heterocycles. The number of hydrogen-bond donors (Lipinski definition) is 1. The number of ether oxygens (including phenoxy) is 3. The van der Waals surface area contributed by atoms with Crippen molar-refractivity contribution in [3.05, 3.63) is 53.8 Å². The molecular weight excluding hydrogens is 427 g/mol. The van der Waals surface area contributed by atoms with Crippen LogP contribution in [-0.2, 0) is 21.4 Å². The number of rotatable bonds is 8.